The second kappa shape index (κ2) is 8.09. The summed E-state index contributed by atoms with van der Waals surface area (Å²) in [5, 5.41) is 63.1. The molecule has 1 saturated heterocycles. The van der Waals surface area contributed by atoms with Crippen molar-refractivity contribution in [1.82, 2.24) is 0 Å². The minimum atomic E-state index is -1.47. The standard InChI is InChI=1S/C26H44O8/c1-23(2)8-14(33-22-20(31)19(30)18(29)16(11-27)34-22)9-24(3)17-6-5-13-7-26(17,12-25(13,4)32)10-15(28)21(23)24/h13-22,27-32H,5-12H2,1-4H3/t13-,14-,15+,16-,17-,18-,19-,20-,21+,22-,24-,25+,26+/m1/s1. The Balaban J connectivity index is 1.43. The molecule has 6 N–H and O–H groups in total. The molecule has 2 bridgehead atoms. The van der Waals surface area contributed by atoms with E-state index in [-0.39, 0.29) is 34.2 Å². The molecule has 4 saturated carbocycles. The Morgan fingerprint density at radius 1 is 0.882 bits per heavy atom. The molecule has 1 heterocycles. The summed E-state index contributed by atoms with van der Waals surface area (Å²) in [4.78, 5) is 0. The Bertz CT molecular complexity index is 785. The summed E-state index contributed by atoms with van der Waals surface area (Å²) < 4.78 is 12.0. The summed E-state index contributed by atoms with van der Waals surface area (Å²) in [5.41, 5.74) is -1.21. The van der Waals surface area contributed by atoms with E-state index >= 15 is 0 Å². The third kappa shape index (κ3) is 3.63. The van der Waals surface area contributed by atoms with Crippen LogP contribution in [0.15, 0.2) is 0 Å². The van der Waals surface area contributed by atoms with Crippen LogP contribution in [-0.2, 0) is 9.47 Å². The van der Waals surface area contributed by atoms with E-state index in [0.29, 0.717) is 18.8 Å². The van der Waals surface area contributed by atoms with Crippen molar-refractivity contribution in [3.63, 3.8) is 0 Å². The molecule has 0 aromatic carbocycles. The molecule has 0 aromatic heterocycles. The van der Waals surface area contributed by atoms with Crippen LogP contribution in [0.25, 0.3) is 0 Å². The van der Waals surface area contributed by atoms with Crippen molar-refractivity contribution in [2.75, 3.05) is 6.61 Å². The average molecular weight is 485 g/mol. The summed E-state index contributed by atoms with van der Waals surface area (Å²) in [5.74, 6) is 0.736. The van der Waals surface area contributed by atoms with Gasteiger partial charge in [0.05, 0.1) is 24.4 Å². The topological polar surface area (TPSA) is 140 Å². The normalized spacial score (nSPS) is 58.8. The van der Waals surface area contributed by atoms with E-state index in [1.165, 1.54) is 0 Å². The van der Waals surface area contributed by atoms with Gasteiger partial charge in [-0.15, -0.1) is 0 Å². The van der Waals surface area contributed by atoms with Crippen LogP contribution < -0.4 is 0 Å². The van der Waals surface area contributed by atoms with Gasteiger partial charge < -0.3 is 40.1 Å². The molecule has 8 heteroatoms. The van der Waals surface area contributed by atoms with E-state index in [4.69, 9.17) is 9.47 Å². The van der Waals surface area contributed by atoms with Crippen molar-refractivity contribution >= 4 is 0 Å². The first-order valence-electron chi connectivity index (χ1n) is 13.1. The van der Waals surface area contributed by atoms with Gasteiger partial charge in [0.25, 0.3) is 0 Å². The smallest absolute Gasteiger partial charge is 0.186 e. The SMILES string of the molecule is CC1(C)C[C@@H](O[C@@H]2O[C@H](CO)[C@@H](O)[C@@H](O)[C@H]2O)C[C@@]2(C)[C@H]1[C@@H](O)C[C@]13C[C@@H](CC[C@@H]12)[C@@](C)(O)C3. The molecule has 5 fully saturated rings. The first-order valence-corrected chi connectivity index (χ1v) is 13.1. The lowest BCUT2D eigenvalue weighted by Gasteiger charge is -2.66. The Morgan fingerprint density at radius 2 is 1.59 bits per heavy atom. The molecule has 4 aliphatic carbocycles. The monoisotopic (exact) mass is 484 g/mol. The Labute approximate surface area is 202 Å². The molecule has 0 amide bonds. The predicted octanol–water partition coefficient (Wildman–Crippen LogP) is 0.936. The van der Waals surface area contributed by atoms with Crippen LogP contribution >= 0.6 is 0 Å². The van der Waals surface area contributed by atoms with Crippen molar-refractivity contribution < 1.29 is 40.1 Å². The maximum absolute atomic E-state index is 11.5. The summed E-state index contributed by atoms with van der Waals surface area (Å²) in [7, 11) is 0. The molecule has 8 nitrogen and oxygen atoms in total. The van der Waals surface area contributed by atoms with Crippen molar-refractivity contribution in [3.05, 3.63) is 0 Å². The van der Waals surface area contributed by atoms with Crippen LogP contribution in [0.3, 0.4) is 0 Å². The van der Waals surface area contributed by atoms with Crippen molar-refractivity contribution in [3.8, 4) is 0 Å². The predicted molar refractivity (Wildman–Crippen MR) is 122 cm³/mol. The van der Waals surface area contributed by atoms with Crippen LogP contribution in [-0.4, -0.2) is 85.8 Å². The second-order valence-corrected chi connectivity index (χ2v) is 13.5. The van der Waals surface area contributed by atoms with Gasteiger partial charge in [0.2, 0.25) is 0 Å². The third-order valence-electron chi connectivity index (χ3n) is 10.7. The van der Waals surface area contributed by atoms with Crippen LogP contribution in [0.2, 0.25) is 0 Å². The van der Waals surface area contributed by atoms with Gasteiger partial charge in [-0.05, 0) is 85.9 Å². The van der Waals surface area contributed by atoms with Gasteiger partial charge in [0, 0.05) is 0 Å². The zero-order valence-corrected chi connectivity index (χ0v) is 20.9. The highest BCUT2D eigenvalue weighted by Gasteiger charge is 2.69. The summed E-state index contributed by atoms with van der Waals surface area (Å²) in [6, 6.07) is 0. The Kier molecular flexibility index (Phi) is 6.03. The maximum Gasteiger partial charge on any atom is 0.186 e. The van der Waals surface area contributed by atoms with Gasteiger partial charge in [0.1, 0.15) is 24.4 Å². The highest BCUT2D eigenvalue weighted by molar-refractivity contribution is 5.18. The number of rotatable bonds is 3. The van der Waals surface area contributed by atoms with Crippen LogP contribution in [0.5, 0.6) is 0 Å². The maximum atomic E-state index is 11.5. The molecule has 1 spiro atoms. The molecule has 0 aromatic rings. The molecule has 1 aliphatic heterocycles. The van der Waals surface area contributed by atoms with Crippen LogP contribution in [0.1, 0.15) is 72.6 Å². The number of hydrogen-bond acceptors (Lipinski definition) is 8. The van der Waals surface area contributed by atoms with Gasteiger partial charge in [-0.3, -0.25) is 0 Å². The van der Waals surface area contributed by atoms with E-state index in [1.807, 2.05) is 6.92 Å². The molecule has 0 radical (unpaired) electrons. The van der Waals surface area contributed by atoms with Gasteiger partial charge in [-0.25, -0.2) is 0 Å². The minimum Gasteiger partial charge on any atom is -0.394 e. The molecule has 0 unspecified atom stereocenters. The largest absolute Gasteiger partial charge is 0.394 e. The lowest BCUT2D eigenvalue weighted by molar-refractivity contribution is -0.324. The average Bonchev–Trinajstić information content (AvgIpc) is 2.90. The molecule has 5 aliphatic rings. The van der Waals surface area contributed by atoms with Crippen LogP contribution in [0, 0.1) is 34.0 Å². The van der Waals surface area contributed by atoms with Crippen LogP contribution in [0.4, 0.5) is 0 Å². The molecule has 196 valence electrons. The Morgan fingerprint density at radius 3 is 2.26 bits per heavy atom. The zero-order valence-electron chi connectivity index (χ0n) is 20.9. The first kappa shape index (κ1) is 25.3. The number of aliphatic hydroxyl groups excluding tert-OH is 5. The fourth-order valence-corrected chi connectivity index (χ4v) is 9.93. The highest BCUT2D eigenvalue weighted by Crippen LogP contribution is 2.73. The molecule has 13 atom stereocenters. The van der Waals surface area contributed by atoms with Gasteiger partial charge >= 0.3 is 0 Å². The number of ether oxygens (including phenoxy) is 2. The molecule has 34 heavy (non-hydrogen) atoms. The fourth-order valence-electron chi connectivity index (χ4n) is 9.93. The van der Waals surface area contributed by atoms with Gasteiger partial charge in [0.15, 0.2) is 6.29 Å². The molecular formula is C26H44O8. The number of hydrogen-bond donors (Lipinski definition) is 6. The van der Waals surface area contributed by atoms with E-state index in [9.17, 15) is 30.6 Å². The first-order chi connectivity index (χ1) is 15.7. The molecule has 5 rings (SSSR count). The summed E-state index contributed by atoms with van der Waals surface area (Å²) in [6.07, 6.45) is -1.36. The van der Waals surface area contributed by atoms with E-state index in [1.54, 1.807) is 0 Å². The lowest BCUT2D eigenvalue weighted by atomic mass is 9.40. The van der Waals surface area contributed by atoms with Gasteiger partial charge in [-0.1, -0.05) is 20.8 Å². The van der Waals surface area contributed by atoms with Crippen molar-refractivity contribution in [2.24, 2.45) is 34.0 Å². The highest BCUT2D eigenvalue weighted by atomic mass is 16.7. The fraction of sp³-hybridized carbons (Fsp3) is 1.00. The van der Waals surface area contributed by atoms with E-state index < -0.39 is 49.0 Å². The minimum absolute atomic E-state index is 0.0712. The number of aliphatic hydroxyl groups is 6. The van der Waals surface area contributed by atoms with Crippen molar-refractivity contribution in [1.29, 1.82) is 0 Å². The number of fused-ring (bicyclic) bond motifs is 3. The lowest BCUT2D eigenvalue weighted by Crippen LogP contribution is -2.64. The van der Waals surface area contributed by atoms with Crippen molar-refractivity contribution in [2.45, 2.75) is 121 Å². The summed E-state index contributed by atoms with van der Waals surface area (Å²) in [6.45, 7) is 8.11. The Hall–Kier alpha value is -0.320. The zero-order chi connectivity index (χ0) is 24.8. The van der Waals surface area contributed by atoms with E-state index in [2.05, 4.69) is 20.8 Å². The summed E-state index contributed by atoms with van der Waals surface area (Å²) >= 11 is 0. The second-order valence-electron chi connectivity index (χ2n) is 13.5. The molecular weight excluding hydrogens is 440 g/mol. The van der Waals surface area contributed by atoms with Gasteiger partial charge in [-0.2, -0.15) is 0 Å². The quantitative estimate of drug-likeness (QED) is 0.325. The van der Waals surface area contributed by atoms with E-state index in [0.717, 1.165) is 32.1 Å². The third-order valence-corrected chi connectivity index (χ3v) is 10.7.